The van der Waals surface area contributed by atoms with E-state index in [-0.39, 0.29) is 0 Å². The molecule has 0 aliphatic heterocycles. The summed E-state index contributed by atoms with van der Waals surface area (Å²) in [5.41, 5.74) is 5.20. The van der Waals surface area contributed by atoms with Crippen LogP contribution >= 0.6 is 0 Å². The van der Waals surface area contributed by atoms with Gasteiger partial charge in [-0.15, -0.1) is 0 Å². The Labute approximate surface area is 199 Å². The topological polar surface area (TPSA) is 83.6 Å². The van der Waals surface area contributed by atoms with Gasteiger partial charge in [-0.3, -0.25) is 4.79 Å². The average molecular weight is 459 g/mol. The number of aliphatic carboxylic acids is 1. The lowest BCUT2D eigenvalue weighted by atomic mass is 10.0. The maximum atomic E-state index is 11.9. The normalized spacial score (nSPS) is 11.9. The van der Waals surface area contributed by atoms with Crippen LogP contribution in [-0.4, -0.2) is 28.7 Å². The van der Waals surface area contributed by atoms with Crippen LogP contribution in [0, 0.1) is 6.92 Å². The van der Waals surface area contributed by atoms with Gasteiger partial charge in [0.05, 0.1) is 6.61 Å². The molecule has 6 heteroatoms. The minimum atomic E-state index is -0.881. The van der Waals surface area contributed by atoms with Gasteiger partial charge in [0.15, 0.2) is 11.5 Å². The van der Waals surface area contributed by atoms with E-state index in [1.807, 2.05) is 67.7 Å². The molecule has 0 fully saturated rings. The van der Waals surface area contributed by atoms with E-state index in [1.165, 1.54) is 5.56 Å². The Hall–Kier alpha value is -3.77. The van der Waals surface area contributed by atoms with Crippen LogP contribution in [0.5, 0.6) is 11.5 Å². The van der Waals surface area contributed by atoms with Gasteiger partial charge in [-0.05, 0) is 48.7 Å². The Morgan fingerprint density at radius 1 is 1.00 bits per heavy atom. The highest BCUT2D eigenvalue weighted by atomic mass is 16.5. The second-order valence-electron chi connectivity index (χ2n) is 8.32. The highest BCUT2D eigenvalue weighted by Gasteiger charge is 2.19. The van der Waals surface area contributed by atoms with E-state index in [2.05, 4.69) is 29.4 Å². The van der Waals surface area contributed by atoms with Gasteiger partial charge in [-0.25, -0.2) is 0 Å². The molecule has 0 aliphatic carbocycles. The number of hydrogen-bond acceptors (Lipinski definition) is 4. The zero-order chi connectivity index (χ0) is 23.9. The van der Waals surface area contributed by atoms with Crippen LogP contribution in [0.2, 0.25) is 0 Å². The summed E-state index contributed by atoms with van der Waals surface area (Å²) in [4.78, 5) is 15.1. The molecule has 0 bridgehead atoms. The van der Waals surface area contributed by atoms with E-state index in [1.54, 1.807) is 0 Å². The Morgan fingerprint density at radius 3 is 2.53 bits per heavy atom. The second-order valence-corrected chi connectivity index (χ2v) is 8.32. The van der Waals surface area contributed by atoms with Crippen molar-refractivity contribution in [3.63, 3.8) is 0 Å². The highest BCUT2D eigenvalue weighted by Crippen LogP contribution is 2.29. The molecule has 6 nitrogen and oxygen atoms in total. The van der Waals surface area contributed by atoms with Crippen molar-refractivity contribution in [1.29, 1.82) is 0 Å². The minimum absolute atomic E-state index is 0.384. The van der Waals surface area contributed by atoms with E-state index < -0.39 is 12.0 Å². The fourth-order valence-electron chi connectivity index (χ4n) is 3.90. The Morgan fingerprint density at radius 2 is 1.76 bits per heavy atom. The number of aromatic nitrogens is 1. The monoisotopic (exact) mass is 458 g/mol. The number of benzene rings is 3. The average Bonchev–Trinajstić information content (AvgIpc) is 3.25. The van der Waals surface area contributed by atoms with Crippen LogP contribution < -0.4 is 14.8 Å². The number of para-hydroxylation sites is 1. The SMILES string of the molecule is CCOc1cc(CN[C@@H](Cc2c[nH]c3ccccc23)C(=O)O)ccc1OCc1ccc(C)cc1. The number of rotatable bonds is 11. The number of H-pyrrole nitrogens is 1. The summed E-state index contributed by atoms with van der Waals surface area (Å²) >= 11 is 0. The van der Waals surface area contributed by atoms with Gasteiger partial charge in [0, 0.05) is 30.1 Å². The van der Waals surface area contributed by atoms with E-state index in [9.17, 15) is 9.90 Å². The maximum Gasteiger partial charge on any atom is 0.321 e. The number of carboxylic acid groups (broad SMARTS) is 1. The molecule has 34 heavy (non-hydrogen) atoms. The van der Waals surface area contributed by atoms with Crippen LogP contribution in [0.3, 0.4) is 0 Å². The number of aromatic amines is 1. The number of carboxylic acids is 1. The van der Waals surface area contributed by atoms with Gasteiger partial charge in [-0.2, -0.15) is 0 Å². The molecule has 0 saturated carbocycles. The molecule has 0 spiro atoms. The predicted octanol–water partition coefficient (Wildman–Crippen LogP) is 5.24. The quantitative estimate of drug-likeness (QED) is 0.286. The number of hydrogen-bond donors (Lipinski definition) is 3. The van der Waals surface area contributed by atoms with E-state index in [0.717, 1.165) is 27.6 Å². The van der Waals surface area contributed by atoms with Crippen LogP contribution in [-0.2, 0) is 24.4 Å². The van der Waals surface area contributed by atoms with Crippen molar-refractivity contribution in [3.8, 4) is 11.5 Å². The fraction of sp³-hybridized carbons (Fsp3) is 0.250. The third kappa shape index (κ3) is 5.77. The van der Waals surface area contributed by atoms with Gasteiger partial charge < -0.3 is 24.9 Å². The van der Waals surface area contributed by atoms with Crippen LogP contribution in [0.15, 0.2) is 72.9 Å². The lowest BCUT2D eigenvalue weighted by Crippen LogP contribution is -2.38. The van der Waals surface area contributed by atoms with Crippen molar-refractivity contribution in [2.45, 2.75) is 39.5 Å². The van der Waals surface area contributed by atoms with Gasteiger partial charge in [-0.1, -0.05) is 54.1 Å². The second kappa shape index (κ2) is 10.9. The highest BCUT2D eigenvalue weighted by molar-refractivity contribution is 5.84. The summed E-state index contributed by atoms with van der Waals surface area (Å²) in [5, 5.41) is 14.0. The van der Waals surface area contributed by atoms with Crippen LogP contribution in [0.25, 0.3) is 10.9 Å². The van der Waals surface area contributed by atoms with Crippen LogP contribution in [0.4, 0.5) is 0 Å². The van der Waals surface area contributed by atoms with Crippen molar-refractivity contribution in [3.05, 3.63) is 95.2 Å². The molecule has 0 saturated heterocycles. The number of aryl methyl sites for hydroxylation is 1. The molecular formula is C28H30N2O4. The van der Waals surface area contributed by atoms with Crippen molar-refractivity contribution in [1.82, 2.24) is 10.3 Å². The Balaban J connectivity index is 1.42. The number of fused-ring (bicyclic) bond motifs is 1. The largest absolute Gasteiger partial charge is 0.490 e. The number of nitrogens with one attached hydrogen (secondary N) is 2. The lowest BCUT2D eigenvalue weighted by molar-refractivity contribution is -0.139. The van der Waals surface area contributed by atoms with E-state index in [4.69, 9.17) is 9.47 Å². The molecule has 0 unspecified atom stereocenters. The predicted molar refractivity (Wildman–Crippen MR) is 133 cm³/mol. The summed E-state index contributed by atoms with van der Waals surface area (Å²) in [6, 6.07) is 21.1. The smallest absolute Gasteiger partial charge is 0.321 e. The molecule has 0 aliphatic rings. The Bertz CT molecular complexity index is 1250. The first-order valence-electron chi connectivity index (χ1n) is 11.5. The molecule has 0 amide bonds. The third-order valence-corrected chi connectivity index (χ3v) is 5.77. The molecule has 1 heterocycles. The molecular weight excluding hydrogens is 428 g/mol. The summed E-state index contributed by atoms with van der Waals surface area (Å²) in [6.07, 6.45) is 2.27. The first kappa shape index (κ1) is 23.4. The zero-order valence-electron chi connectivity index (χ0n) is 19.5. The van der Waals surface area contributed by atoms with Gasteiger partial charge in [0.2, 0.25) is 0 Å². The van der Waals surface area contributed by atoms with Crippen molar-refractivity contribution >= 4 is 16.9 Å². The van der Waals surface area contributed by atoms with Crippen LogP contribution in [0.1, 0.15) is 29.2 Å². The van der Waals surface area contributed by atoms with Gasteiger partial charge >= 0.3 is 5.97 Å². The molecule has 176 valence electrons. The summed E-state index contributed by atoms with van der Waals surface area (Å²) < 4.78 is 11.8. The van der Waals surface area contributed by atoms with Crippen molar-refractivity contribution in [2.24, 2.45) is 0 Å². The molecule has 0 radical (unpaired) electrons. The summed E-state index contributed by atoms with van der Waals surface area (Å²) in [5.74, 6) is 0.436. The van der Waals surface area contributed by atoms with E-state index >= 15 is 0 Å². The van der Waals surface area contributed by atoms with Gasteiger partial charge in [0.1, 0.15) is 12.6 Å². The zero-order valence-corrected chi connectivity index (χ0v) is 19.5. The summed E-state index contributed by atoms with van der Waals surface area (Å²) in [6.45, 7) is 5.34. The third-order valence-electron chi connectivity index (χ3n) is 5.77. The summed E-state index contributed by atoms with van der Waals surface area (Å²) in [7, 11) is 0. The van der Waals surface area contributed by atoms with Gasteiger partial charge in [0.25, 0.3) is 0 Å². The molecule has 4 rings (SSSR count). The first-order chi connectivity index (χ1) is 16.5. The standard InChI is InChI=1S/C28H30N2O4/c1-3-33-27-14-21(12-13-26(27)34-18-20-10-8-19(2)9-11-20)16-29-25(28(31)32)15-22-17-30-24-7-5-4-6-23(22)24/h4-14,17,25,29-30H,3,15-16,18H2,1-2H3,(H,31,32)/t25-/m0/s1. The molecule has 1 aromatic heterocycles. The van der Waals surface area contributed by atoms with E-state index in [0.29, 0.717) is 37.7 Å². The number of ether oxygens (including phenoxy) is 2. The minimum Gasteiger partial charge on any atom is -0.490 e. The van der Waals surface area contributed by atoms with Crippen molar-refractivity contribution in [2.75, 3.05) is 6.61 Å². The maximum absolute atomic E-state index is 11.9. The molecule has 1 atom stereocenters. The molecule has 4 aromatic rings. The molecule has 3 N–H and O–H groups in total. The lowest BCUT2D eigenvalue weighted by Gasteiger charge is -2.16. The first-order valence-corrected chi connectivity index (χ1v) is 11.5. The number of carbonyl (C=O) groups is 1. The van der Waals surface area contributed by atoms with Crippen molar-refractivity contribution < 1.29 is 19.4 Å². The fourth-order valence-corrected chi connectivity index (χ4v) is 3.90. The molecule has 3 aromatic carbocycles. The Kier molecular flexibility index (Phi) is 7.50.